The average molecular weight is 304 g/mol. The predicted molar refractivity (Wildman–Crippen MR) is 63.6 cm³/mol. The molecule has 6 nitrogen and oxygen atoms in total. The van der Waals surface area contributed by atoms with Gasteiger partial charge in [-0.2, -0.15) is 18.2 Å². The van der Waals surface area contributed by atoms with E-state index in [9.17, 15) is 23.4 Å². The van der Waals surface area contributed by atoms with Crippen LogP contribution in [0.15, 0.2) is 22.7 Å². The molecule has 2 rings (SSSR count). The zero-order valence-corrected chi connectivity index (χ0v) is 10.6. The molecule has 0 bridgehead atoms. The van der Waals surface area contributed by atoms with Crippen molar-refractivity contribution in [2.75, 3.05) is 13.2 Å². The minimum Gasteiger partial charge on any atom is -0.504 e. The standard InChI is InChI=1S/C12H11F3N2O4/c13-12(14,15)6-20-5-4-9-16-11(21-17-9)7-2-1-3-8(18)10(7)19/h1-3,18-19H,4-6H2. The van der Waals surface area contributed by atoms with Crippen LogP contribution in [0.3, 0.4) is 0 Å². The number of aromatic nitrogens is 2. The largest absolute Gasteiger partial charge is 0.504 e. The number of alkyl halides is 3. The van der Waals surface area contributed by atoms with Gasteiger partial charge in [0.1, 0.15) is 6.61 Å². The topological polar surface area (TPSA) is 88.6 Å². The van der Waals surface area contributed by atoms with Gasteiger partial charge in [-0.25, -0.2) is 0 Å². The van der Waals surface area contributed by atoms with E-state index in [0.717, 1.165) is 0 Å². The Labute approximate surface area is 116 Å². The minimum absolute atomic E-state index is 0.0269. The van der Waals surface area contributed by atoms with E-state index in [0.29, 0.717) is 0 Å². The summed E-state index contributed by atoms with van der Waals surface area (Å²) < 4.78 is 44.9. The third-order valence-electron chi connectivity index (χ3n) is 2.45. The second-order valence-electron chi connectivity index (χ2n) is 4.11. The molecule has 21 heavy (non-hydrogen) atoms. The van der Waals surface area contributed by atoms with Crippen LogP contribution < -0.4 is 0 Å². The number of benzene rings is 1. The quantitative estimate of drug-likeness (QED) is 0.650. The van der Waals surface area contributed by atoms with Crippen molar-refractivity contribution in [1.82, 2.24) is 10.1 Å². The van der Waals surface area contributed by atoms with Gasteiger partial charge in [-0.3, -0.25) is 0 Å². The maximum Gasteiger partial charge on any atom is 0.411 e. The molecule has 0 radical (unpaired) electrons. The van der Waals surface area contributed by atoms with Crippen molar-refractivity contribution in [2.24, 2.45) is 0 Å². The summed E-state index contributed by atoms with van der Waals surface area (Å²) in [5.41, 5.74) is 0.130. The molecule has 0 saturated carbocycles. The van der Waals surface area contributed by atoms with E-state index in [4.69, 9.17) is 4.52 Å². The Bertz CT molecular complexity index is 613. The highest BCUT2D eigenvalue weighted by Gasteiger charge is 2.27. The van der Waals surface area contributed by atoms with Crippen LogP contribution in [0.5, 0.6) is 11.5 Å². The second-order valence-corrected chi connectivity index (χ2v) is 4.11. The molecule has 114 valence electrons. The van der Waals surface area contributed by atoms with Crippen molar-refractivity contribution in [1.29, 1.82) is 0 Å². The van der Waals surface area contributed by atoms with Gasteiger partial charge in [-0.05, 0) is 12.1 Å². The number of phenols is 2. The number of rotatable bonds is 5. The summed E-state index contributed by atoms with van der Waals surface area (Å²) in [5, 5.41) is 22.5. The molecule has 1 aromatic carbocycles. The highest BCUT2D eigenvalue weighted by atomic mass is 19.4. The van der Waals surface area contributed by atoms with E-state index in [2.05, 4.69) is 14.9 Å². The highest BCUT2D eigenvalue weighted by Crippen LogP contribution is 2.34. The van der Waals surface area contributed by atoms with Crippen LogP contribution in [0.1, 0.15) is 5.82 Å². The van der Waals surface area contributed by atoms with Gasteiger partial charge in [0.05, 0.1) is 12.2 Å². The number of hydrogen-bond acceptors (Lipinski definition) is 6. The smallest absolute Gasteiger partial charge is 0.411 e. The average Bonchev–Trinajstić information content (AvgIpc) is 2.85. The van der Waals surface area contributed by atoms with Crippen LogP contribution in [-0.2, 0) is 11.2 Å². The number of phenolic OH excluding ortho intramolecular Hbond substituents is 2. The molecule has 1 aromatic heterocycles. The lowest BCUT2D eigenvalue weighted by molar-refractivity contribution is -0.173. The van der Waals surface area contributed by atoms with E-state index in [-0.39, 0.29) is 36.1 Å². The molecule has 0 fully saturated rings. The molecule has 0 amide bonds. The summed E-state index contributed by atoms with van der Waals surface area (Å²) in [7, 11) is 0. The number of halogens is 3. The maximum absolute atomic E-state index is 11.9. The molecular formula is C12H11F3N2O4. The third-order valence-corrected chi connectivity index (χ3v) is 2.45. The van der Waals surface area contributed by atoms with Gasteiger partial charge in [0.25, 0.3) is 5.89 Å². The molecule has 2 N–H and O–H groups in total. The fraction of sp³-hybridized carbons (Fsp3) is 0.333. The molecule has 9 heteroatoms. The zero-order valence-electron chi connectivity index (χ0n) is 10.6. The fourth-order valence-electron chi connectivity index (χ4n) is 1.52. The van der Waals surface area contributed by atoms with E-state index >= 15 is 0 Å². The number of nitrogens with zero attached hydrogens (tertiary/aromatic N) is 2. The lowest BCUT2D eigenvalue weighted by atomic mass is 10.2. The Morgan fingerprint density at radius 1 is 1.24 bits per heavy atom. The van der Waals surface area contributed by atoms with Crippen LogP contribution in [0.2, 0.25) is 0 Å². The van der Waals surface area contributed by atoms with E-state index in [1.807, 2.05) is 0 Å². The molecule has 0 saturated heterocycles. The van der Waals surface area contributed by atoms with Crippen LogP contribution in [0.4, 0.5) is 13.2 Å². The van der Waals surface area contributed by atoms with Gasteiger partial charge in [0.2, 0.25) is 0 Å². The summed E-state index contributed by atoms with van der Waals surface area (Å²) in [5.74, 6) is -0.675. The lowest BCUT2D eigenvalue weighted by Crippen LogP contribution is -2.18. The van der Waals surface area contributed by atoms with Gasteiger partial charge in [-0.1, -0.05) is 11.2 Å². The Morgan fingerprint density at radius 3 is 2.71 bits per heavy atom. The van der Waals surface area contributed by atoms with Crippen LogP contribution in [0.25, 0.3) is 11.5 Å². The third kappa shape index (κ3) is 4.09. The normalized spacial score (nSPS) is 11.8. The van der Waals surface area contributed by atoms with Crippen molar-refractivity contribution in [3.05, 3.63) is 24.0 Å². The summed E-state index contributed by atoms with van der Waals surface area (Å²) in [6.45, 7) is -1.56. The van der Waals surface area contributed by atoms with Crippen LogP contribution in [-0.4, -0.2) is 39.7 Å². The molecule has 0 aliphatic carbocycles. The van der Waals surface area contributed by atoms with Gasteiger partial charge in [0.15, 0.2) is 17.3 Å². The Kier molecular flexibility index (Phi) is 4.32. The van der Waals surface area contributed by atoms with E-state index in [1.54, 1.807) is 0 Å². The molecule has 2 aromatic rings. The summed E-state index contributed by atoms with van der Waals surface area (Å²) >= 11 is 0. The SMILES string of the molecule is Oc1cccc(-c2nc(CCOCC(F)(F)F)no2)c1O. The zero-order chi connectivity index (χ0) is 15.5. The number of hydrogen-bond donors (Lipinski definition) is 2. The van der Waals surface area contributed by atoms with Crippen molar-refractivity contribution in [3.63, 3.8) is 0 Å². The number of aromatic hydroxyl groups is 2. The molecule has 0 aliphatic heterocycles. The van der Waals surface area contributed by atoms with E-state index < -0.39 is 18.5 Å². The summed E-state index contributed by atoms with van der Waals surface area (Å²) in [6.07, 6.45) is -4.35. The molecule has 0 spiro atoms. The molecule has 0 unspecified atom stereocenters. The monoisotopic (exact) mass is 304 g/mol. The Hall–Kier alpha value is -2.29. The van der Waals surface area contributed by atoms with Crippen molar-refractivity contribution in [2.45, 2.75) is 12.6 Å². The molecular weight excluding hydrogens is 293 g/mol. The van der Waals surface area contributed by atoms with Gasteiger partial charge >= 0.3 is 6.18 Å². The molecule has 1 heterocycles. The first-order valence-electron chi connectivity index (χ1n) is 5.85. The first-order chi connectivity index (χ1) is 9.87. The second kappa shape index (κ2) is 6.00. The molecule has 0 atom stereocenters. The summed E-state index contributed by atoms with van der Waals surface area (Å²) in [4.78, 5) is 3.91. The Balaban J connectivity index is 1.97. The van der Waals surface area contributed by atoms with Gasteiger partial charge in [-0.15, -0.1) is 0 Å². The summed E-state index contributed by atoms with van der Waals surface area (Å²) in [6, 6.07) is 4.20. The van der Waals surface area contributed by atoms with Crippen molar-refractivity contribution in [3.8, 4) is 23.0 Å². The van der Waals surface area contributed by atoms with Crippen LogP contribution >= 0.6 is 0 Å². The maximum atomic E-state index is 11.9. The first kappa shape index (κ1) is 15.1. The Morgan fingerprint density at radius 2 is 2.00 bits per heavy atom. The first-order valence-corrected chi connectivity index (χ1v) is 5.85. The predicted octanol–water partition coefficient (Wildman–Crippen LogP) is 2.27. The molecule has 0 aliphatic rings. The fourth-order valence-corrected chi connectivity index (χ4v) is 1.52. The number of para-hydroxylation sites is 1. The van der Waals surface area contributed by atoms with Gasteiger partial charge < -0.3 is 19.5 Å². The van der Waals surface area contributed by atoms with Gasteiger partial charge in [0, 0.05) is 6.42 Å². The highest BCUT2D eigenvalue weighted by molar-refractivity contribution is 5.66. The van der Waals surface area contributed by atoms with Crippen LogP contribution in [0, 0.1) is 0 Å². The van der Waals surface area contributed by atoms with E-state index in [1.165, 1.54) is 18.2 Å². The number of ether oxygens (including phenoxy) is 1. The van der Waals surface area contributed by atoms with Crippen molar-refractivity contribution >= 4 is 0 Å². The lowest BCUT2D eigenvalue weighted by Gasteiger charge is -2.05. The van der Waals surface area contributed by atoms with Crippen molar-refractivity contribution < 1.29 is 32.6 Å². The minimum atomic E-state index is -4.38.